The van der Waals surface area contributed by atoms with Crippen molar-refractivity contribution >= 4 is 16.8 Å². The highest BCUT2D eigenvalue weighted by atomic mass is 19.1. The average Bonchev–Trinajstić information content (AvgIpc) is 3.73. The largest absolute Gasteiger partial charge is 0.494 e. The number of hydrogen-bond donors (Lipinski definition) is 2. The fourth-order valence-corrected chi connectivity index (χ4v) is 4.70. The van der Waals surface area contributed by atoms with Crippen LogP contribution in [0.2, 0.25) is 0 Å². The first kappa shape index (κ1) is 25.7. The fraction of sp³-hybridized carbons (Fsp3) is 0.333. The van der Waals surface area contributed by atoms with Gasteiger partial charge >= 0.3 is 0 Å². The van der Waals surface area contributed by atoms with Crippen molar-refractivity contribution in [1.82, 2.24) is 20.5 Å². The lowest BCUT2D eigenvalue weighted by atomic mass is 9.91. The molecule has 196 valence electrons. The SMILES string of the molecule is COc1cc(C(=O)NCC(c2cc(C(C)(C)O)cc(-c3ccc(F)cc3)n2)C2CC2)cc2cc(C)nnc12. The lowest BCUT2D eigenvalue weighted by Crippen LogP contribution is -2.30. The number of rotatable bonds is 8. The highest BCUT2D eigenvalue weighted by Crippen LogP contribution is 2.43. The lowest BCUT2D eigenvalue weighted by Gasteiger charge is -2.23. The standard InChI is InChI=1S/C30H31FN4O3/c1-17-11-20-12-21(13-27(38-4)28(20)35-34-17)29(36)32-16-24(18-5-6-18)26-15-22(30(2,3)37)14-25(33-26)19-7-9-23(31)10-8-19/h7-15,18,24,37H,5-6,16H2,1-4H3,(H,32,36). The Hall–Kier alpha value is -3.91. The summed E-state index contributed by atoms with van der Waals surface area (Å²) in [6.45, 7) is 5.70. The molecule has 2 aromatic heterocycles. The first-order valence-electron chi connectivity index (χ1n) is 12.7. The Morgan fingerprint density at radius 1 is 1.13 bits per heavy atom. The predicted molar refractivity (Wildman–Crippen MR) is 144 cm³/mol. The number of carbonyl (C=O) groups is 1. The number of aryl methyl sites for hydroxylation is 1. The molecule has 0 radical (unpaired) electrons. The minimum atomic E-state index is -1.09. The second kappa shape index (κ2) is 10.1. The first-order valence-corrected chi connectivity index (χ1v) is 12.7. The molecule has 0 spiro atoms. The lowest BCUT2D eigenvalue weighted by molar-refractivity contribution is 0.0783. The molecule has 7 nitrogen and oxygen atoms in total. The minimum Gasteiger partial charge on any atom is -0.494 e. The van der Waals surface area contributed by atoms with Crippen LogP contribution < -0.4 is 10.1 Å². The first-order chi connectivity index (χ1) is 18.1. The summed E-state index contributed by atoms with van der Waals surface area (Å²) < 4.78 is 19.0. The summed E-state index contributed by atoms with van der Waals surface area (Å²) in [7, 11) is 1.54. The van der Waals surface area contributed by atoms with Crippen LogP contribution in [0.5, 0.6) is 5.75 Å². The third-order valence-electron chi connectivity index (χ3n) is 7.00. The van der Waals surface area contributed by atoms with Crippen LogP contribution in [0.15, 0.2) is 54.6 Å². The topological polar surface area (TPSA) is 97.2 Å². The van der Waals surface area contributed by atoms with Gasteiger partial charge in [0.25, 0.3) is 5.91 Å². The van der Waals surface area contributed by atoms with Gasteiger partial charge in [-0.15, -0.1) is 5.10 Å². The van der Waals surface area contributed by atoms with Gasteiger partial charge in [-0.25, -0.2) is 4.39 Å². The molecule has 1 atom stereocenters. The number of aliphatic hydroxyl groups is 1. The van der Waals surface area contributed by atoms with E-state index in [2.05, 4.69) is 15.5 Å². The molecule has 8 heteroatoms. The number of aromatic nitrogens is 3. The van der Waals surface area contributed by atoms with E-state index >= 15 is 0 Å². The molecular weight excluding hydrogens is 483 g/mol. The van der Waals surface area contributed by atoms with Gasteiger partial charge in [0.2, 0.25) is 0 Å². The Morgan fingerprint density at radius 3 is 2.53 bits per heavy atom. The Labute approximate surface area is 221 Å². The van der Waals surface area contributed by atoms with Crippen molar-refractivity contribution in [2.75, 3.05) is 13.7 Å². The van der Waals surface area contributed by atoms with Crippen LogP contribution in [0.25, 0.3) is 22.2 Å². The number of halogens is 1. The van der Waals surface area contributed by atoms with Crippen LogP contribution in [0.4, 0.5) is 4.39 Å². The molecule has 1 amide bonds. The van der Waals surface area contributed by atoms with E-state index in [9.17, 15) is 14.3 Å². The minimum absolute atomic E-state index is 0.0316. The van der Waals surface area contributed by atoms with Crippen LogP contribution in [0, 0.1) is 18.7 Å². The van der Waals surface area contributed by atoms with E-state index in [-0.39, 0.29) is 17.6 Å². The van der Waals surface area contributed by atoms with E-state index in [0.29, 0.717) is 35.0 Å². The highest BCUT2D eigenvalue weighted by molar-refractivity contribution is 5.99. The van der Waals surface area contributed by atoms with Gasteiger partial charge in [-0.3, -0.25) is 9.78 Å². The molecule has 1 unspecified atom stereocenters. The number of amides is 1. The molecule has 2 N–H and O–H groups in total. The van der Waals surface area contributed by atoms with Crippen molar-refractivity contribution in [2.24, 2.45) is 5.92 Å². The maximum absolute atomic E-state index is 13.5. The van der Waals surface area contributed by atoms with E-state index in [1.807, 2.05) is 25.1 Å². The summed E-state index contributed by atoms with van der Waals surface area (Å²) in [6, 6.07) is 15.3. The molecule has 1 aliphatic rings. The molecule has 0 aliphatic heterocycles. The molecule has 4 aromatic rings. The van der Waals surface area contributed by atoms with E-state index < -0.39 is 5.60 Å². The molecule has 1 fully saturated rings. The van der Waals surface area contributed by atoms with Crippen molar-refractivity contribution < 1.29 is 19.0 Å². The zero-order valence-corrected chi connectivity index (χ0v) is 22.0. The molecular formula is C30H31FN4O3. The van der Waals surface area contributed by atoms with Crippen molar-refractivity contribution in [3.8, 4) is 17.0 Å². The molecule has 5 rings (SSSR count). The number of benzene rings is 2. The molecule has 38 heavy (non-hydrogen) atoms. The van der Waals surface area contributed by atoms with Gasteiger partial charge in [-0.2, -0.15) is 5.10 Å². The number of ether oxygens (including phenoxy) is 1. The van der Waals surface area contributed by atoms with Crippen LogP contribution in [0.1, 0.15) is 59.9 Å². The third-order valence-corrected chi connectivity index (χ3v) is 7.00. The third kappa shape index (κ3) is 5.50. The number of nitrogens with zero attached hydrogens (tertiary/aromatic N) is 3. The molecule has 2 aromatic carbocycles. The summed E-state index contributed by atoms with van der Waals surface area (Å²) in [5.74, 6) is 0.296. The molecule has 1 saturated carbocycles. The Morgan fingerprint density at radius 2 is 1.87 bits per heavy atom. The van der Waals surface area contributed by atoms with Gasteiger partial charge < -0.3 is 15.2 Å². The number of methoxy groups -OCH3 is 1. The number of pyridine rings is 1. The van der Waals surface area contributed by atoms with Gasteiger partial charge in [0.1, 0.15) is 17.1 Å². The Balaban J connectivity index is 1.45. The van der Waals surface area contributed by atoms with Crippen LogP contribution in [-0.2, 0) is 5.60 Å². The molecule has 2 heterocycles. The van der Waals surface area contributed by atoms with Crippen molar-refractivity contribution in [1.29, 1.82) is 0 Å². The zero-order chi connectivity index (χ0) is 27.0. The van der Waals surface area contributed by atoms with Crippen molar-refractivity contribution in [2.45, 2.75) is 45.1 Å². The maximum Gasteiger partial charge on any atom is 0.251 e. The van der Waals surface area contributed by atoms with Gasteiger partial charge in [-0.1, -0.05) is 0 Å². The summed E-state index contributed by atoms with van der Waals surface area (Å²) in [5.41, 5.74) is 3.68. The van der Waals surface area contributed by atoms with Crippen LogP contribution in [-0.4, -0.2) is 39.8 Å². The predicted octanol–water partition coefficient (Wildman–Crippen LogP) is 5.30. The van der Waals surface area contributed by atoms with E-state index in [0.717, 1.165) is 40.7 Å². The fourth-order valence-electron chi connectivity index (χ4n) is 4.70. The van der Waals surface area contributed by atoms with Gasteiger partial charge in [0.15, 0.2) is 0 Å². The summed E-state index contributed by atoms with van der Waals surface area (Å²) in [5, 5.41) is 23.0. The van der Waals surface area contributed by atoms with Crippen molar-refractivity contribution in [3.05, 3.63) is 82.9 Å². The summed E-state index contributed by atoms with van der Waals surface area (Å²) >= 11 is 0. The molecule has 1 aliphatic carbocycles. The Kier molecular flexibility index (Phi) is 6.84. The molecule has 0 saturated heterocycles. The number of hydrogen-bond acceptors (Lipinski definition) is 6. The Bertz CT molecular complexity index is 1490. The monoisotopic (exact) mass is 514 g/mol. The van der Waals surface area contributed by atoms with Gasteiger partial charge in [0.05, 0.1) is 24.1 Å². The maximum atomic E-state index is 13.5. The van der Waals surface area contributed by atoms with E-state index in [1.54, 1.807) is 45.2 Å². The normalized spacial score (nSPS) is 14.4. The second-order valence-electron chi connectivity index (χ2n) is 10.5. The second-order valence-corrected chi connectivity index (χ2v) is 10.5. The van der Waals surface area contributed by atoms with Crippen LogP contribution in [0.3, 0.4) is 0 Å². The average molecular weight is 515 g/mol. The number of carbonyl (C=O) groups excluding carboxylic acids is 1. The van der Waals surface area contributed by atoms with E-state index in [4.69, 9.17) is 9.72 Å². The van der Waals surface area contributed by atoms with Crippen LogP contribution >= 0.6 is 0 Å². The number of fused-ring (bicyclic) bond motifs is 1. The zero-order valence-electron chi connectivity index (χ0n) is 22.0. The summed E-state index contributed by atoms with van der Waals surface area (Å²) in [6.07, 6.45) is 2.09. The molecule has 0 bridgehead atoms. The van der Waals surface area contributed by atoms with E-state index in [1.165, 1.54) is 12.1 Å². The van der Waals surface area contributed by atoms with Gasteiger partial charge in [-0.05, 0) is 99.7 Å². The van der Waals surface area contributed by atoms with Crippen molar-refractivity contribution in [3.63, 3.8) is 0 Å². The van der Waals surface area contributed by atoms with Gasteiger partial charge in [0, 0.05) is 34.7 Å². The smallest absolute Gasteiger partial charge is 0.251 e. The number of nitrogens with one attached hydrogen (secondary N) is 1. The highest BCUT2D eigenvalue weighted by Gasteiger charge is 2.34. The summed E-state index contributed by atoms with van der Waals surface area (Å²) in [4.78, 5) is 18.2. The quantitative estimate of drug-likeness (QED) is 0.331.